The molecule has 0 saturated carbocycles. The highest BCUT2D eigenvalue weighted by molar-refractivity contribution is 6.07. The summed E-state index contributed by atoms with van der Waals surface area (Å²) in [6, 6.07) is 26.0. The fraction of sp³-hybridized carbons (Fsp3) is 0.426. The zero-order chi connectivity index (χ0) is 38.0. The molecule has 0 spiro atoms. The largest absolute Gasteiger partial charge is 0.344 e. The van der Waals surface area contributed by atoms with E-state index in [9.17, 15) is 10.1 Å². The zero-order valence-corrected chi connectivity index (χ0v) is 33.5. The van der Waals surface area contributed by atoms with Crippen LogP contribution < -0.4 is 4.90 Å². The topological polar surface area (TPSA) is 49.4 Å². The highest BCUT2D eigenvalue weighted by Crippen LogP contribution is 2.50. The number of hydrogen-bond donors (Lipinski definition) is 0. The third-order valence-electron chi connectivity index (χ3n) is 11.6. The molecule has 0 aromatic heterocycles. The van der Waals surface area contributed by atoms with Gasteiger partial charge in [-0.05, 0) is 82.4 Å². The van der Waals surface area contributed by atoms with Crippen molar-refractivity contribution in [2.24, 2.45) is 5.92 Å². The Kier molecular flexibility index (Phi) is 9.43. The minimum Gasteiger partial charge on any atom is -0.344 e. The molecule has 2 heterocycles. The highest BCUT2D eigenvalue weighted by atomic mass is 16.6. The molecule has 272 valence electrons. The third-order valence-corrected chi connectivity index (χ3v) is 11.6. The Morgan fingerprint density at radius 1 is 0.865 bits per heavy atom. The summed E-state index contributed by atoms with van der Waals surface area (Å²) >= 11 is 0. The van der Waals surface area contributed by atoms with E-state index < -0.39 is 5.41 Å². The first kappa shape index (κ1) is 37.3. The number of nitrogens with zero attached hydrogens (tertiary/aromatic N) is 3. The van der Waals surface area contributed by atoms with Gasteiger partial charge in [0.2, 0.25) is 5.69 Å². The molecule has 1 atom stereocenters. The molecule has 0 fully saturated rings. The Labute approximate surface area is 311 Å². The molecule has 4 aromatic rings. The Hall–Kier alpha value is -4.51. The number of allylic oxidation sites excluding steroid dienone is 4. The van der Waals surface area contributed by atoms with E-state index in [4.69, 9.17) is 0 Å². The van der Waals surface area contributed by atoms with Gasteiger partial charge in [-0.15, -0.1) is 0 Å². The lowest BCUT2D eigenvalue weighted by molar-refractivity contribution is -0.399. The van der Waals surface area contributed by atoms with Crippen molar-refractivity contribution in [1.82, 2.24) is 0 Å². The van der Waals surface area contributed by atoms with Crippen LogP contribution >= 0.6 is 0 Å². The Bertz CT molecular complexity index is 2120. The van der Waals surface area contributed by atoms with E-state index in [1.165, 1.54) is 50.1 Å². The summed E-state index contributed by atoms with van der Waals surface area (Å²) < 4.78 is 2.42. The first-order chi connectivity index (χ1) is 24.2. The fourth-order valence-electron chi connectivity index (χ4n) is 8.38. The van der Waals surface area contributed by atoms with Crippen LogP contribution in [0.25, 0.3) is 10.8 Å². The molecule has 4 aromatic carbocycles. The van der Waals surface area contributed by atoms with Gasteiger partial charge in [-0.1, -0.05) is 124 Å². The van der Waals surface area contributed by atoms with Gasteiger partial charge in [0.1, 0.15) is 7.05 Å². The molecule has 0 bridgehead atoms. The molecular weight excluding hydrogens is 639 g/mol. The summed E-state index contributed by atoms with van der Waals surface area (Å²) in [4.78, 5) is 13.9. The minimum atomic E-state index is -0.395. The molecular formula is C47H58N3O2+. The first-order valence-corrected chi connectivity index (χ1v) is 19.0. The summed E-state index contributed by atoms with van der Waals surface area (Å²) in [5, 5.41) is 14.3. The maximum atomic E-state index is 11.8. The number of benzene rings is 4. The van der Waals surface area contributed by atoms with E-state index >= 15 is 0 Å². The number of hydrogen-bond acceptors (Lipinski definition) is 3. The summed E-state index contributed by atoms with van der Waals surface area (Å²) in [7, 11) is 2.22. The average Bonchev–Trinajstić information content (AvgIpc) is 3.41. The van der Waals surface area contributed by atoms with Crippen molar-refractivity contribution in [2.45, 2.75) is 111 Å². The smallest absolute Gasteiger partial charge is 0.269 e. The summed E-state index contributed by atoms with van der Waals surface area (Å²) in [6.07, 6.45) is 8.70. The SMILES string of the molecule is CC(C)CCN1/C(=C/C=C/C2=[N+](C)c3c(ccc4ccccc34)C2(C)Cc2cc(C(C)(C)C)cc(C(C)(C)C)c2)C(C)(C)c2cc([N+](=O)[O-])ccc21. The average molecular weight is 697 g/mol. The van der Waals surface area contributed by atoms with Crippen LogP contribution in [0.2, 0.25) is 0 Å². The van der Waals surface area contributed by atoms with E-state index in [0.29, 0.717) is 5.92 Å². The van der Waals surface area contributed by atoms with Crippen molar-refractivity contribution in [2.75, 3.05) is 18.5 Å². The van der Waals surface area contributed by atoms with Gasteiger partial charge >= 0.3 is 0 Å². The van der Waals surface area contributed by atoms with Crippen LogP contribution in [-0.4, -0.2) is 28.8 Å². The van der Waals surface area contributed by atoms with Gasteiger partial charge < -0.3 is 4.90 Å². The van der Waals surface area contributed by atoms with Gasteiger partial charge in [0.05, 0.1) is 15.7 Å². The molecule has 0 saturated heterocycles. The Morgan fingerprint density at radius 2 is 1.52 bits per heavy atom. The van der Waals surface area contributed by atoms with Gasteiger partial charge in [0.15, 0.2) is 5.71 Å². The molecule has 5 nitrogen and oxygen atoms in total. The molecule has 1 unspecified atom stereocenters. The van der Waals surface area contributed by atoms with Crippen molar-refractivity contribution in [3.8, 4) is 0 Å². The zero-order valence-electron chi connectivity index (χ0n) is 33.5. The number of rotatable bonds is 8. The van der Waals surface area contributed by atoms with Crippen molar-refractivity contribution in [1.29, 1.82) is 0 Å². The second-order valence-electron chi connectivity index (χ2n) is 18.4. The van der Waals surface area contributed by atoms with E-state index in [2.05, 4.69) is 166 Å². The molecule has 0 aliphatic carbocycles. The molecule has 0 amide bonds. The van der Waals surface area contributed by atoms with Gasteiger partial charge in [-0.25, -0.2) is 0 Å². The maximum absolute atomic E-state index is 11.8. The number of nitro benzene ring substituents is 1. The minimum absolute atomic E-state index is 0.0314. The molecule has 2 aliphatic rings. The van der Waals surface area contributed by atoms with Crippen LogP contribution in [-0.2, 0) is 28.1 Å². The number of non-ortho nitro benzene ring substituents is 1. The first-order valence-electron chi connectivity index (χ1n) is 19.0. The Balaban J connectivity index is 1.50. The van der Waals surface area contributed by atoms with E-state index in [1.54, 1.807) is 12.1 Å². The number of nitro groups is 1. The molecule has 52 heavy (non-hydrogen) atoms. The van der Waals surface area contributed by atoms with Crippen LogP contribution in [0.3, 0.4) is 0 Å². The van der Waals surface area contributed by atoms with Crippen molar-refractivity contribution in [3.63, 3.8) is 0 Å². The quantitative estimate of drug-likeness (QED) is 0.105. The van der Waals surface area contributed by atoms with Gasteiger partial charge in [0, 0.05) is 47.1 Å². The standard InChI is InChI=1S/C47H58N3O2/c1-31(2)24-25-49-40-23-21-36(50(51)52)29-39(40)46(9,10)41(49)18-15-19-42-47(11,38-22-20-33-16-13-14-17-37(33)43(38)48(42)12)30-32-26-34(44(3,4)5)28-35(27-32)45(6,7)8/h13-23,26-29,31H,24-25,30H2,1-12H3/q+1. The van der Waals surface area contributed by atoms with Crippen LogP contribution in [0.1, 0.15) is 110 Å². The fourth-order valence-corrected chi connectivity index (χ4v) is 8.38. The highest BCUT2D eigenvalue weighted by Gasteiger charge is 2.48. The third kappa shape index (κ3) is 6.64. The summed E-state index contributed by atoms with van der Waals surface area (Å²) in [6.45, 7) is 26.0. The Morgan fingerprint density at radius 3 is 2.13 bits per heavy atom. The molecule has 0 N–H and O–H groups in total. The monoisotopic (exact) mass is 696 g/mol. The predicted molar refractivity (Wildman–Crippen MR) is 220 cm³/mol. The second kappa shape index (κ2) is 13.2. The van der Waals surface area contributed by atoms with Crippen molar-refractivity contribution < 1.29 is 9.50 Å². The molecule has 6 rings (SSSR count). The maximum Gasteiger partial charge on any atom is 0.269 e. The van der Waals surface area contributed by atoms with Crippen molar-refractivity contribution in [3.05, 3.63) is 135 Å². The number of fused-ring (bicyclic) bond motifs is 4. The van der Waals surface area contributed by atoms with Crippen molar-refractivity contribution >= 4 is 33.5 Å². The van der Waals surface area contributed by atoms with Crippen LogP contribution in [0, 0.1) is 16.0 Å². The van der Waals surface area contributed by atoms with Crippen LogP contribution in [0.5, 0.6) is 0 Å². The van der Waals surface area contributed by atoms with Crippen LogP contribution in [0.15, 0.2) is 96.7 Å². The molecule has 2 aliphatic heterocycles. The summed E-state index contributed by atoms with van der Waals surface area (Å²) in [5.74, 6) is 0.536. The van der Waals surface area contributed by atoms with E-state index in [1.807, 2.05) is 6.07 Å². The van der Waals surface area contributed by atoms with Gasteiger partial charge in [0.25, 0.3) is 5.69 Å². The van der Waals surface area contributed by atoms with Gasteiger partial charge in [-0.3, -0.25) is 10.1 Å². The predicted octanol–water partition coefficient (Wildman–Crippen LogP) is 11.9. The lowest BCUT2D eigenvalue weighted by atomic mass is 9.72. The second-order valence-corrected chi connectivity index (χ2v) is 18.4. The number of anilines is 1. The van der Waals surface area contributed by atoms with Crippen LogP contribution in [0.4, 0.5) is 17.1 Å². The lowest BCUT2D eigenvalue weighted by Crippen LogP contribution is -2.33. The van der Waals surface area contributed by atoms with E-state index in [0.717, 1.165) is 30.6 Å². The lowest BCUT2D eigenvalue weighted by Gasteiger charge is -2.29. The summed E-state index contributed by atoms with van der Waals surface area (Å²) in [5.41, 5.74) is 10.7. The molecule has 0 radical (unpaired) electrons. The molecule has 5 heteroatoms. The van der Waals surface area contributed by atoms with Gasteiger partial charge in [-0.2, -0.15) is 4.58 Å². The van der Waals surface area contributed by atoms with E-state index in [-0.39, 0.29) is 26.9 Å². The normalized spacial score (nSPS) is 19.4.